The Morgan fingerprint density at radius 2 is 1.43 bits per heavy atom. The Kier molecular flexibility index (Phi) is 7.04. The van der Waals surface area contributed by atoms with Gasteiger partial charge in [-0.1, -0.05) is 48.5 Å². The highest BCUT2D eigenvalue weighted by molar-refractivity contribution is 5.93. The third kappa shape index (κ3) is 5.12. The fraction of sp³-hybridized carbons (Fsp3) is 0.267. The molecule has 5 rings (SSSR count). The van der Waals surface area contributed by atoms with Gasteiger partial charge in [-0.25, -0.2) is 8.78 Å². The van der Waals surface area contributed by atoms with E-state index in [1.54, 1.807) is 24.3 Å². The van der Waals surface area contributed by atoms with Crippen LogP contribution in [-0.2, 0) is 9.59 Å². The van der Waals surface area contributed by atoms with E-state index < -0.39 is 5.54 Å². The number of carbonyl (C=O) groups excluding carboxylic acids is 2. The van der Waals surface area contributed by atoms with Gasteiger partial charge in [0.1, 0.15) is 17.2 Å². The topological polar surface area (TPSA) is 52.7 Å². The van der Waals surface area contributed by atoms with Crippen LogP contribution in [0.3, 0.4) is 0 Å². The van der Waals surface area contributed by atoms with Gasteiger partial charge >= 0.3 is 0 Å². The molecule has 2 fully saturated rings. The zero-order valence-corrected chi connectivity index (χ0v) is 20.5. The van der Waals surface area contributed by atoms with Gasteiger partial charge < -0.3 is 15.1 Å². The van der Waals surface area contributed by atoms with Gasteiger partial charge in [-0.15, -0.1) is 0 Å². The summed E-state index contributed by atoms with van der Waals surface area (Å²) in [5, 5.41) is 2.99. The second kappa shape index (κ2) is 10.5. The molecule has 2 aliphatic rings. The lowest BCUT2D eigenvalue weighted by Crippen LogP contribution is -2.57. The predicted molar refractivity (Wildman–Crippen MR) is 140 cm³/mol. The van der Waals surface area contributed by atoms with Crippen molar-refractivity contribution in [2.75, 3.05) is 24.7 Å². The van der Waals surface area contributed by atoms with Crippen molar-refractivity contribution in [3.63, 3.8) is 0 Å². The molecule has 0 unspecified atom stereocenters. The number of nitrogens with zero attached hydrogens (tertiary/aromatic N) is 2. The Labute approximate surface area is 215 Å². The summed E-state index contributed by atoms with van der Waals surface area (Å²) in [5.41, 5.74) is 2.80. The smallest absolute Gasteiger partial charge is 0.247 e. The Hall–Kier alpha value is -4.00. The standard InChI is InChI=1S/C30H29F2N3O2/c31-24-13-9-22(10-14-24)27(23-11-15-25(32)16-12-23)7-4-8-28(36)34-19-17-30(18-20-34)29(37)33-21-35(30)26-5-2-1-3-6-26/h1-3,5-7,9-16H,4,8,17-21H2,(H,33,37). The molecule has 7 heteroatoms. The highest BCUT2D eigenvalue weighted by atomic mass is 19.1. The van der Waals surface area contributed by atoms with Gasteiger partial charge in [-0.05, 0) is 72.4 Å². The summed E-state index contributed by atoms with van der Waals surface area (Å²) >= 11 is 0. The molecule has 2 saturated heterocycles. The van der Waals surface area contributed by atoms with Crippen molar-refractivity contribution in [1.82, 2.24) is 10.2 Å². The molecular weight excluding hydrogens is 472 g/mol. The van der Waals surface area contributed by atoms with Gasteiger partial charge in [0.15, 0.2) is 0 Å². The average molecular weight is 502 g/mol. The first-order chi connectivity index (χ1) is 18.0. The van der Waals surface area contributed by atoms with Gasteiger partial charge in [0.05, 0.1) is 6.67 Å². The highest BCUT2D eigenvalue weighted by Gasteiger charge is 2.50. The van der Waals surface area contributed by atoms with Crippen LogP contribution in [0.4, 0.5) is 14.5 Å². The number of rotatable bonds is 6. The Morgan fingerprint density at radius 3 is 2.00 bits per heavy atom. The van der Waals surface area contributed by atoms with E-state index in [0.717, 1.165) is 22.4 Å². The number of hydrogen-bond donors (Lipinski definition) is 1. The molecule has 0 saturated carbocycles. The van der Waals surface area contributed by atoms with E-state index in [1.807, 2.05) is 41.3 Å². The van der Waals surface area contributed by atoms with Crippen LogP contribution in [0, 0.1) is 11.6 Å². The molecule has 0 aliphatic carbocycles. The van der Waals surface area contributed by atoms with Crippen molar-refractivity contribution >= 4 is 23.1 Å². The van der Waals surface area contributed by atoms with Crippen molar-refractivity contribution in [1.29, 1.82) is 0 Å². The fourth-order valence-electron chi connectivity index (χ4n) is 5.32. The van der Waals surface area contributed by atoms with Gasteiger partial charge in [-0.3, -0.25) is 9.59 Å². The summed E-state index contributed by atoms with van der Waals surface area (Å²) in [7, 11) is 0. The quantitative estimate of drug-likeness (QED) is 0.510. The number of carbonyl (C=O) groups is 2. The van der Waals surface area contributed by atoms with E-state index in [0.29, 0.717) is 45.4 Å². The highest BCUT2D eigenvalue weighted by Crippen LogP contribution is 2.36. The minimum Gasteiger partial charge on any atom is -0.342 e. The van der Waals surface area contributed by atoms with Crippen molar-refractivity contribution in [3.8, 4) is 0 Å². The van der Waals surface area contributed by atoms with Crippen molar-refractivity contribution in [2.24, 2.45) is 0 Å². The first-order valence-electron chi connectivity index (χ1n) is 12.6. The molecule has 2 amide bonds. The number of benzene rings is 3. The zero-order valence-electron chi connectivity index (χ0n) is 20.5. The third-order valence-corrected chi connectivity index (χ3v) is 7.37. The Morgan fingerprint density at radius 1 is 0.865 bits per heavy atom. The van der Waals surface area contributed by atoms with Gasteiger partial charge in [-0.2, -0.15) is 0 Å². The van der Waals surface area contributed by atoms with Crippen molar-refractivity contribution < 1.29 is 18.4 Å². The number of halogens is 2. The largest absolute Gasteiger partial charge is 0.342 e. The predicted octanol–water partition coefficient (Wildman–Crippen LogP) is 5.13. The lowest BCUT2D eigenvalue weighted by atomic mass is 9.85. The van der Waals surface area contributed by atoms with Crippen LogP contribution in [-0.4, -0.2) is 42.0 Å². The van der Waals surface area contributed by atoms with Crippen LogP contribution in [0.1, 0.15) is 36.8 Å². The average Bonchev–Trinajstić information content (AvgIpc) is 3.23. The van der Waals surface area contributed by atoms with Crippen molar-refractivity contribution in [3.05, 3.63) is 108 Å². The summed E-state index contributed by atoms with van der Waals surface area (Å²) in [5.74, 6) is -0.605. The van der Waals surface area contributed by atoms with Gasteiger partial charge in [0.25, 0.3) is 0 Å². The van der Waals surface area contributed by atoms with E-state index in [-0.39, 0.29) is 23.4 Å². The lowest BCUT2D eigenvalue weighted by Gasteiger charge is -2.43. The normalized spacial score (nSPS) is 16.5. The van der Waals surface area contributed by atoms with E-state index in [9.17, 15) is 18.4 Å². The number of likely N-dealkylation sites (tertiary alicyclic amines) is 1. The fourth-order valence-corrected chi connectivity index (χ4v) is 5.32. The maximum atomic E-state index is 13.5. The Balaban J connectivity index is 1.25. The molecule has 0 atom stereocenters. The first-order valence-corrected chi connectivity index (χ1v) is 12.6. The molecule has 0 aromatic heterocycles. The van der Waals surface area contributed by atoms with Crippen molar-refractivity contribution in [2.45, 2.75) is 31.2 Å². The van der Waals surface area contributed by atoms with E-state index in [4.69, 9.17) is 0 Å². The summed E-state index contributed by atoms with van der Waals surface area (Å²) in [4.78, 5) is 29.9. The Bertz CT molecular complexity index is 1240. The van der Waals surface area contributed by atoms with Crippen LogP contribution in [0.2, 0.25) is 0 Å². The lowest BCUT2D eigenvalue weighted by molar-refractivity contribution is -0.135. The second-order valence-electron chi connectivity index (χ2n) is 9.51. The van der Waals surface area contributed by atoms with E-state index in [1.165, 1.54) is 24.3 Å². The molecule has 1 N–H and O–H groups in total. The molecule has 1 spiro atoms. The van der Waals surface area contributed by atoms with Gasteiger partial charge in [0, 0.05) is 25.2 Å². The molecule has 5 nitrogen and oxygen atoms in total. The number of piperidine rings is 1. The van der Waals surface area contributed by atoms with Crippen LogP contribution in [0.25, 0.3) is 5.57 Å². The van der Waals surface area contributed by atoms with E-state index in [2.05, 4.69) is 10.2 Å². The number of hydrogen-bond acceptors (Lipinski definition) is 3. The minimum atomic E-state index is -0.629. The van der Waals surface area contributed by atoms with Crippen LogP contribution < -0.4 is 10.2 Å². The third-order valence-electron chi connectivity index (χ3n) is 7.37. The maximum absolute atomic E-state index is 13.5. The molecule has 3 aromatic rings. The van der Waals surface area contributed by atoms with Crippen LogP contribution >= 0.6 is 0 Å². The molecule has 2 aliphatic heterocycles. The summed E-state index contributed by atoms with van der Waals surface area (Å²) in [6.45, 7) is 1.50. The number of allylic oxidation sites excluding steroid dienone is 1. The summed E-state index contributed by atoms with van der Waals surface area (Å²) < 4.78 is 27.0. The monoisotopic (exact) mass is 501 g/mol. The van der Waals surface area contributed by atoms with Gasteiger partial charge in [0.2, 0.25) is 11.8 Å². The maximum Gasteiger partial charge on any atom is 0.247 e. The molecule has 37 heavy (non-hydrogen) atoms. The van der Waals surface area contributed by atoms with E-state index >= 15 is 0 Å². The summed E-state index contributed by atoms with van der Waals surface area (Å²) in [6.07, 6.45) is 3.90. The zero-order chi connectivity index (χ0) is 25.8. The molecular formula is C30H29F2N3O2. The van der Waals surface area contributed by atoms with Crippen LogP contribution in [0.15, 0.2) is 84.9 Å². The number of nitrogens with one attached hydrogen (secondary N) is 1. The molecule has 190 valence electrons. The first kappa shape index (κ1) is 24.7. The summed E-state index contributed by atoms with van der Waals surface area (Å²) in [6, 6.07) is 22.2. The molecule has 0 radical (unpaired) electrons. The number of anilines is 1. The van der Waals surface area contributed by atoms with Crippen LogP contribution in [0.5, 0.6) is 0 Å². The number of amides is 2. The SMILES string of the molecule is O=C(CCC=C(c1ccc(F)cc1)c1ccc(F)cc1)N1CCC2(CC1)C(=O)NCN2c1ccccc1. The molecule has 3 aromatic carbocycles. The minimum absolute atomic E-state index is 0.0228. The number of para-hydroxylation sites is 1. The molecule has 0 bridgehead atoms. The molecule has 2 heterocycles. The second-order valence-corrected chi connectivity index (χ2v) is 9.51.